The Kier molecular flexibility index (Phi) is 3.45. The zero-order valence-electron chi connectivity index (χ0n) is 9.80. The molecule has 1 aliphatic rings. The third kappa shape index (κ3) is 2.76. The molecule has 4 N–H and O–H groups in total. The predicted molar refractivity (Wildman–Crippen MR) is 61.7 cm³/mol. The van der Waals surface area contributed by atoms with Crippen molar-refractivity contribution >= 4 is 17.8 Å². The van der Waals surface area contributed by atoms with Crippen molar-refractivity contribution in [1.29, 1.82) is 0 Å². The number of carbonyl (C=O) groups is 2. The van der Waals surface area contributed by atoms with Gasteiger partial charge in [-0.15, -0.1) is 5.10 Å². The molecule has 1 aromatic rings. The van der Waals surface area contributed by atoms with Gasteiger partial charge in [-0.05, 0) is 18.8 Å². The lowest BCUT2D eigenvalue weighted by molar-refractivity contribution is -0.138. The van der Waals surface area contributed by atoms with Crippen molar-refractivity contribution in [3.05, 3.63) is 5.82 Å². The Morgan fingerprint density at radius 3 is 2.94 bits per heavy atom. The molecule has 1 aliphatic heterocycles. The van der Waals surface area contributed by atoms with Crippen molar-refractivity contribution in [3.63, 3.8) is 0 Å². The molecule has 0 radical (unpaired) electrons. The molecule has 1 unspecified atom stereocenters. The second-order valence-electron chi connectivity index (χ2n) is 4.40. The first-order chi connectivity index (χ1) is 8.56. The molecule has 0 saturated carbocycles. The van der Waals surface area contributed by atoms with Gasteiger partial charge in [-0.1, -0.05) is 0 Å². The molecule has 0 bridgehead atoms. The van der Waals surface area contributed by atoms with Crippen LogP contribution in [0.25, 0.3) is 0 Å². The number of aromatic nitrogens is 3. The number of hydrogen-bond acceptors (Lipinski definition) is 5. The maximum atomic E-state index is 12.0. The number of rotatable bonds is 3. The summed E-state index contributed by atoms with van der Waals surface area (Å²) in [7, 11) is 0. The van der Waals surface area contributed by atoms with Gasteiger partial charge in [-0.25, -0.2) is 0 Å². The number of nitrogen functional groups attached to an aromatic ring is 1. The molecule has 1 fully saturated rings. The van der Waals surface area contributed by atoms with Crippen molar-refractivity contribution in [3.8, 4) is 0 Å². The third-order valence-corrected chi connectivity index (χ3v) is 2.97. The summed E-state index contributed by atoms with van der Waals surface area (Å²) in [4.78, 5) is 28.1. The van der Waals surface area contributed by atoms with E-state index in [4.69, 9.17) is 10.8 Å². The molecule has 2 heterocycles. The van der Waals surface area contributed by atoms with Gasteiger partial charge in [-0.3, -0.25) is 14.7 Å². The molecule has 0 aromatic carbocycles. The number of nitrogens with one attached hydrogen (secondary N) is 1. The molecule has 18 heavy (non-hydrogen) atoms. The largest absolute Gasteiger partial charge is 0.481 e. The second kappa shape index (κ2) is 5.03. The van der Waals surface area contributed by atoms with Gasteiger partial charge in [0.15, 0.2) is 0 Å². The Bertz CT molecular complexity index is 458. The summed E-state index contributed by atoms with van der Waals surface area (Å²) in [5.41, 5.74) is 5.34. The maximum absolute atomic E-state index is 12.0. The minimum atomic E-state index is -0.835. The van der Waals surface area contributed by atoms with E-state index in [2.05, 4.69) is 15.2 Å². The van der Waals surface area contributed by atoms with Crippen molar-refractivity contribution in [2.45, 2.75) is 19.3 Å². The quantitative estimate of drug-likeness (QED) is 0.680. The fraction of sp³-hybridized carbons (Fsp3) is 0.600. The van der Waals surface area contributed by atoms with Crippen LogP contribution in [0.4, 0.5) is 5.95 Å². The minimum Gasteiger partial charge on any atom is -0.481 e. The van der Waals surface area contributed by atoms with Gasteiger partial charge in [0, 0.05) is 19.5 Å². The van der Waals surface area contributed by atoms with E-state index in [0.717, 1.165) is 12.8 Å². The van der Waals surface area contributed by atoms with E-state index in [1.54, 1.807) is 4.90 Å². The number of aromatic amines is 1. The number of carboxylic acids is 1. The molecule has 0 aliphatic carbocycles. The van der Waals surface area contributed by atoms with Crippen LogP contribution in [0.1, 0.15) is 29.9 Å². The monoisotopic (exact) mass is 253 g/mol. The van der Waals surface area contributed by atoms with Crippen LogP contribution < -0.4 is 5.73 Å². The number of carbonyl (C=O) groups excluding carboxylic acids is 1. The zero-order chi connectivity index (χ0) is 13.1. The highest BCUT2D eigenvalue weighted by Crippen LogP contribution is 2.20. The average Bonchev–Trinajstić information content (AvgIpc) is 2.74. The first-order valence-corrected chi connectivity index (χ1v) is 5.75. The van der Waals surface area contributed by atoms with E-state index in [1.165, 1.54) is 0 Å². The Morgan fingerprint density at radius 1 is 1.56 bits per heavy atom. The summed E-state index contributed by atoms with van der Waals surface area (Å²) in [6.07, 6.45) is 1.71. The van der Waals surface area contributed by atoms with Crippen molar-refractivity contribution in [2.24, 2.45) is 5.92 Å². The van der Waals surface area contributed by atoms with Gasteiger partial charge >= 0.3 is 5.97 Å². The van der Waals surface area contributed by atoms with Gasteiger partial charge in [0.1, 0.15) is 0 Å². The second-order valence-corrected chi connectivity index (χ2v) is 4.40. The zero-order valence-corrected chi connectivity index (χ0v) is 9.80. The Morgan fingerprint density at radius 2 is 2.33 bits per heavy atom. The highest BCUT2D eigenvalue weighted by molar-refractivity contribution is 5.90. The third-order valence-electron chi connectivity index (χ3n) is 2.97. The number of nitrogens with zero attached hydrogens (tertiary/aromatic N) is 3. The smallest absolute Gasteiger partial charge is 0.303 e. The van der Waals surface area contributed by atoms with Gasteiger partial charge in [-0.2, -0.15) is 4.98 Å². The van der Waals surface area contributed by atoms with Crippen molar-refractivity contribution in [1.82, 2.24) is 20.1 Å². The lowest BCUT2D eigenvalue weighted by Gasteiger charge is -2.31. The predicted octanol–water partition coefficient (Wildman–Crippen LogP) is -0.286. The average molecular weight is 253 g/mol. The van der Waals surface area contributed by atoms with Crippen molar-refractivity contribution < 1.29 is 14.7 Å². The molecule has 1 amide bonds. The summed E-state index contributed by atoms with van der Waals surface area (Å²) in [6.45, 7) is 1.04. The van der Waals surface area contributed by atoms with Gasteiger partial charge < -0.3 is 15.7 Å². The number of hydrogen-bond donors (Lipinski definition) is 3. The molecule has 1 atom stereocenters. The number of anilines is 1. The summed E-state index contributed by atoms with van der Waals surface area (Å²) in [5.74, 6) is -0.992. The molecular weight excluding hydrogens is 238 g/mol. The molecule has 8 nitrogen and oxygen atoms in total. The number of aliphatic carboxylic acids is 1. The molecular formula is C10H15N5O3. The molecule has 2 rings (SSSR count). The standard InChI is InChI=1S/C10H15N5O3/c11-10-12-8(13-14-10)9(18)15-3-1-2-6(5-15)4-7(16)17/h6H,1-5H2,(H,16,17)(H3,11,12,13,14). The van der Waals surface area contributed by atoms with E-state index >= 15 is 0 Å². The number of H-pyrrole nitrogens is 1. The lowest BCUT2D eigenvalue weighted by Crippen LogP contribution is -2.41. The highest BCUT2D eigenvalue weighted by Gasteiger charge is 2.27. The summed E-state index contributed by atoms with van der Waals surface area (Å²) in [5, 5.41) is 14.8. The lowest BCUT2D eigenvalue weighted by atomic mass is 9.95. The van der Waals surface area contributed by atoms with Crippen LogP contribution in [-0.4, -0.2) is 50.2 Å². The summed E-state index contributed by atoms with van der Waals surface area (Å²) >= 11 is 0. The number of carboxylic acid groups (broad SMARTS) is 1. The topological polar surface area (TPSA) is 125 Å². The first-order valence-electron chi connectivity index (χ1n) is 5.75. The van der Waals surface area contributed by atoms with Gasteiger partial charge in [0.25, 0.3) is 5.91 Å². The SMILES string of the molecule is Nc1n[nH]c(C(=O)N2CCCC(CC(=O)O)C2)n1. The van der Waals surface area contributed by atoms with Crippen LogP contribution >= 0.6 is 0 Å². The Hall–Kier alpha value is -2.12. The van der Waals surface area contributed by atoms with Crippen LogP contribution in [0.15, 0.2) is 0 Å². The first kappa shape index (κ1) is 12.3. The molecule has 1 saturated heterocycles. The van der Waals surface area contributed by atoms with Gasteiger partial charge in [0.2, 0.25) is 11.8 Å². The highest BCUT2D eigenvalue weighted by atomic mass is 16.4. The van der Waals surface area contributed by atoms with E-state index in [-0.39, 0.29) is 30.0 Å². The minimum absolute atomic E-state index is 0.000434. The van der Waals surface area contributed by atoms with Crippen LogP contribution in [0.2, 0.25) is 0 Å². The number of likely N-dealkylation sites (tertiary alicyclic amines) is 1. The van der Waals surface area contributed by atoms with E-state index in [9.17, 15) is 9.59 Å². The van der Waals surface area contributed by atoms with Crippen LogP contribution in [0, 0.1) is 5.92 Å². The van der Waals surface area contributed by atoms with E-state index < -0.39 is 5.97 Å². The fourth-order valence-corrected chi connectivity index (χ4v) is 2.18. The maximum Gasteiger partial charge on any atom is 0.303 e. The van der Waals surface area contributed by atoms with Crippen LogP contribution in [0.5, 0.6) is 0 Å². The van der Waals surface area contributed by atoms with Crippen LogP contribution in [-0.2, 0) is 4.79 Å². The van der Waals surface area contributed by atoms with E-state index in [1.807, 2.05) is 0 Å². The molecule has 8 heteroatoms. The number of piperidine rings is 1. The Balaban J connectivity index is 2.00. The summed E-state index contributed by atoms with van der Waals surface area (Å²) < 4.78 is 0. The van der Waals surface area contributed by atoms with Gasteiger partial charge in [0.05, 0.1) is 0 Å². The van der Waals surface area contributed by atoms with Crippen LogP contribution in [0.3, 0.4) is 0 Å². The van der Waals surface area contributed by atoms with Crippen molar-refractivity contribution in [2.75, 3.05) is 18.8 Å². The number of nitrogens with two attached hydrogens (primary N) is 1. The normalized spacial score (nSPS) is 19.8. The summed E-state index contributed by atoms with van der Waals surface area (Å²) in [6, 6.07) is 0. The number of amides is 1. The Labute approximate surface area is 103 Å². The molecule has 0 spiro atoms. The van der Waals surface area contributed by atoms with E-state index in [0.29, 0.717) is 13.1 Å². The molecule has 1 aromatic heterocycles. The fourth-order valence-electron chi connectivity index (χ4n) is 2.18. The molecule has 98 valence electrons.